The van der Waals surface area contributed by atoms with Crippen molar-refractivity contribution in [2.24, 2.45) is 0 Å². The van der Waals surface area contributed by atoms with Gasteiger partial charge in [-0.25, -0.2) is 0 Å². The zero-order valence-corrected chi connectivity index (χ0v) is 15.9. The molecule has 28 heavy (non-hydrogen) atoms. The Morgan fingerprint density at radius 3 is 2.64 bits per heavy atom. The monoisotopic (exact) mass is 384 g/mol. The van der Waals surface area contributed by atoms with Crippen LogP contribution >= 0.6 is 0 Å². The van der Waals surface area contributed by atoms with Crippen molar-refractivity contribution >= 4 is 11.8 Å². The van der Waals surface area contributed by atoms with Crippen LogP contribution in [0.15, 0.2) is 34.7 Å². The van der Waals surface area contributed by atoms with Crippen LogP contribution in [0, 0.1) is 6.92 Å². The van der Waals surface area contributed by atoms with Crippen molar-refractivity contribution in [2.75, 3.05) is 19.9 Å². The van der Waals surface area contributed by atoms with Gasteiger partial charge in [0.1, 0.15) is 5.76 Å². The molecule has 0 atom stereocenters. The zero-order chi connectivity index (χ0) is 19.5. The lowest BCUT2D eigenvalue weighted by atomic mass is 10.0. The molecule has 1 fully saturated rings. The third-order valence-corrected chi connectivity index (χ3v) is 5.21. The summed E-state index contributed by atoms with van der Waals surface area (Å²) in [5.41, 5.74) is 1.06. The second-order valence-electron chi connectivity index (χ2n) is 7.23. The predicted octanol–water partition coefficient (Wildman–Crippen LogP) is 2.67. The van der Waals surface area contributed by atoms with Crippen molar-refractivity contribution < 1.29 is 23.5 Å². The number of benzene rings is 1. The number of nitrogens with zero attached hydrogens (tertiary/aromatic N) is 1. The lowest BCUT2D eigenvalue weighted by molar-refractivity contribution is -0.132. The molecule has 0 saturated carbocycles. The molecule has 0 radical (unpaired) electrons. The molecule has 0 aliphatic carbocycles. The summed E-state index contributed by atoms with van der Waals surface area (Å²) in [6.07, 6.45) is 2.63. The van der Waals surface area contributed by atoms with Gasteiger partial charge in [-0.3, -0.25) is 9.59 Å². The molecule has 1 aromatic carbocycles. The minimum Gasteiger partial charge on any atom is -0.456 e. The van der Waals surface area contributed by atoms with E-state index in [4.69, 9.17) is 13.9 Å². The SMILES string of the molecule is Cc1ccc(C(=O)NC2CCN(C(=O)CCc3ccc4c(c3)OCO4)CC2)o1. The Hall–Kier alpha value is -2.96. The van der Waals surface area contributed by atoms with Crippen molar-refractivity contribution in [3.8, 4) is 11.5 Å². The zero-order valence-electron chi connectivity index (χ0n) is 15.9. The number of hydrogen-bond donors (Lipinski definition) is 1. The smallest absolute Gasteiger partial charge is 0.287 e. The minimum atomic E-state index is -0.194. The summed E-state index contributed by atoms with van der Waals surface area (Å²) in [5, 5.41) is 2.99. The Morgan fingerprint density at radius 1 is 1.11 bits per heavy atom. The largest absolute Gasteiger partial charge is 0.456 e. The van der Waals surface area contributed by atoms with E-state index < -0.39 is 0 Å². The van der Waals surface area contributed by atoms with Crippen LogP contribution in [0.4, 0.5) is 0 Å². The van der Waals surface area contributed by atoms with E-state index in [9.17, 15) is 9.59 Å². The molecule has 7 nitrogen and oxygen atoms in total. The number of rotatable bonds is 5. The molecule has 4 rings (SSSR count). The first-order valence-corrected chi connectivity index (χ1v) is 9.62. The van der Waals surface area contributed by atoms with E-state index in [-0.39, 0.29) is 24.6 Å². The molecule has 2 amide bonds. The molecule has 148 valence electrons. The van der Waals surface area contributed by atoms with Crippen LogP contribution in [0.1, 0.15) is 41.1 Å². The van der Waals surface area contributed by atoms with Crippen molar-refractivity contribution in [2.45, 2.75) is 38.6 Å². The van der Waals surface area contributed by atoms with Crippen molar-refractivity contribution in [1.82, 2.24) is 10.2 Å². The predicted molar refractivity (Wildman–Crippen MR) is 101 cm³/mol. The summed E-state index contributed by atoms with van der Waals surface area (Å²) in [6.45, 7) is 3.37. The topological polar surface area (TPSA) is 81.0 Å². The number of ether oxygens (including phenoxy) is 2. The maximum absolute atomic E-state index is 12.5. The van der Waals surface area contributed by atoms with E-state index in [0.717, 1.165) is 29.9 Å². The summed E-state index contributed by atoms with van der Waals surface area (Å²) in [7, 11) is 0. The van der Waals surface area contributed by atoms with Crippen LogP contribution < -0.4 is 14.8 Å². The average Bonchev–Trinajstić information content (AvgIpc) is 3.35. The number of aryl methyl sites for hydroxylation is 2. The first kappa shape index (κ1) is 18.4. The van der Waals surface area contributed by atoms with Gasteiger partial charge in [0, 0.05) is 25.6 Å². The highest BCUT2D eigenvalue weighted by atomic mass is 16.7. The van der Waals surface area contributed by atoms with Gasteiger partial charge in [0.05, 0.1) is 0 Å². The Kier molecular flexibility index (Phi) is 5.23. The van der Waals surface area contributed by atoms with Crippen LogP contribution in [0.2, 0.25) is 0 Å². The summed E-state index contributed by atoms with van der Waals surface area (Å²) >= 11 is 0. The number of furan rings is 1. The summed E-state index contributed by atoms with van der Waals surface area (Å²) in [5.74, 6) is 2.50. The van der Waals surface area contributed by atoms with Crippen LogP contribution in [-0.2, 0) is 11.2 Å². The van der Waals surface area contributed by atoms with E-state index in [0.29, 0.717) is 37.5 Å². The third kappa shape index (κ3) is 4.13. The number of amides is 2. The fourth-order valence-corrected chi connectivity index (χ4v) is 3.59. The van der Waals surface area contributed by atoms with Crippen LogP contribution in [0.5, 0.6) is 11.5 Å². The second-order valence-corrected chi connectivity index (χ2v) is 7.23. The lowest BCUT2D eigenvalue weighted by Crippen LogP contribution is -2.46. The van der Waals surface area contributed by atoms with Crippen LogP contribution in [0.3, 0.4) is 0 Å². The van der Waals surface area contributed by atoms with Gasteiger partial charge < -0.3 is 24.1 Å². The van der Waals surface area contributed by atoms with Gasteiger partial charge >= 0.3 is 0 Å². The maximum Gasteiger partial charge on any atom is 0.287 e. The summed E-state index contributed by atoms with van der Waals surface area (Å²) in [6, 6.07) is 9.31. The van der Waals surface area contributed by atoms with E-state index in [1.54, 1.807) is 12.1 Å². The highest BCUT2D eigenvalue weighted by molar-refractivity contribution is 5.91. The molecule has 0 bridgehead atoms. The Labute approximate surface area is 163 Å². The van der Waals surface area contributed by atoms with Crippen molar-refractivity contribution in [3.63, 3.8) is 0 Å². The summed E-state index contributed by atoms with van der Waals surface area (Å²) < 4.78 is 16.0. The van der Waals surface area contributed by atoms with Crippen molar-refractivity contribution in [1.29, 1.82) is 0 Å². The number of carbonyl (C=O) groups is 2. The summed E-state index contributed by atoms with van der Waals surface area (Å²) in [4.78, 5) is 26.6. The lowest BCUT2D eigenvalue weighted by Gasteiger charge is -2.32. The van der Waals surface area contributed by atoms with Gasteiger partial charge in [-0.05, 0) is 56.0 Å². The van der Waals surface area contributed by atoms with Gasteiger partial charge in [0.2, 0.25) is 12.7 Å². The van der Waals surface area contributed by atoms with Gasteiger partial charge in [-0.2, -0.15) is 0 Å². The standard InChI is InChI=1S/C21H24N2O5/c1-14-2-5-18(28-14)21(25)22-16-8-10-23(11-9-16)20(24)7-4-15-3-6-17-19(12-15)27-13-26-17/h2-3,5-6,12,16H,4,7-11,13H2,1H3,(H,22,25). The first-order valence-electron chi connectivity index (χ1n) is 9.62. The molecule has 2 aromatic rings. The quantitative estimate of drug-likeness (QED) is 0.857. The fraction of sp³-hybridized carbons (Fsp3) is 0.429. The van der Waals surface area contributed by atoms with Gasteiger partial charge in [0.25, 0.3) is 5.91 Å². The van der Waals surface area contributed by atoms with Gasteiger partial charge in [0.15, 0.2) is 17.3 Å². The molecular weight excluding hydrogens is 360 g/mol. The van der Waals surface area contributed by atoms with E-state index in [1.165, 1.54) is 0 Å². The highest BCUT2D eigenvalue weighted by Crippen LogP contribution is 2.32. The molecule has 3 heterocycles. The molecule has 2 aliphatic heterocycles. The third-order valence-electron chi connectivity index (χ3n) is 5.21. The number of carbonyl (C=O) groups excluding carboxylic acids is 2. The van der Waals surface area contributed by atoms with E-state index >= 15 is 0 Å². The Morgan fingerprint density at radius 2 is 1.89 bits per heavy atom. The molecule has 1 saturated heterocycles. The van der Waals surface area contributed by atoms with Crippen LogP contribution in [0.25, 0.3) is 0 Å². The molecule has 1 aromatic heterocycles. The minimum absolute atomic E-state index is 0.0656. The Balaban J connectivity index is 1.22. The average molecular weight is 384 g/mol. The van der Waals surface area contributed by atoms with Crippen molar-refractivity contribution in [3.05, 3.63) is 47.4 Å². The molecule has 1 N–H and O–H groups in total. The van der Waals surface area contributed by atoms with E-state index in [1.807, 2.05) is 30.0 Å². The Bertz CT molecular complexity index is 867. The first-order chi connectivity index (χ1) is 13.6. The molecule has 2 aliphatic rings. The number of nitrogens with one attached hydrogen (secondary N) is 1. The van der Waals surface area contributed by atoms with Crippen LogP contribution in [-0.4, -0.2) is 42.6 Å². The molecule has 0 unspecified atom stereocenters. The maximum atomic E-state index is 12.5. The van der Waals surface area contributed by atoms with Gasteiger partial charge in [-0.15, -0.1) is 0 Å². The fourth-order valence-electron chi connectivity index (χ4n) is 3.59. The van der Waals surface area contributed by atoms with E-state index in [2.05, 4.69) is 5.32 Å². The molecule has 7 heteroatoms. The number of fused-ring (bicyclic) bond motifs is 1. The highest BCUT2D eigenvalue weighted by Gasteiger charge is 2.25. The normalized spacial score (nSPS) is 16.2. The number of piperidine rings is 1. The number of likely N-dealkylation sites (tertiary alicyclic amines) is 1. The number of hydrogen-bond acceptors (Lipinski definition) is 5. The van der Waals surface area contributed by atoms with Gasteiger partial charge in [-0.1, -0.05) is 6.07 Å². The molecular formula is C21H24N2O5. The second kappa shape index (κ2) is 7.96. The molecule has 0 spiro atoms.